The molecule has 1 N–H and O–H groups in total. The third-order valence-corrected chi connectivity index (χ3v) is 2.57. The lowest BCUT2D eigenvalue weighted by atomic mass is 10.1. The molecule has 1 amide bonds. The van der Waals surface area contributed by atoms with Gasteiger partial charge in [0.25, 0.3) is 0 Å². The number of amides is 1. The lowest BCUT2D eigenvalue weighted by Crippen LogP contribution is -2.17. The van der Waals surface area contributed by atoms with E-state index in [9.17, 15) is 4.79 Å². The number of anilines is 1. The van der Waals surface area contributed by atoms with Crippen molar-refractivity contribution in [2.45, 2.75) is 13.8 Å². The third kappa shape index (κ3) is 3.10. The first-order valence-electron chi connectivity index (χ1n) is 5.76. The number of nitrogens with one attached hydrogen (secondary N) is 1. The smallest absolute Gasteiger partial charge is 0.410 e. The minimum atomic E-state index is -0.479. The van der Waals surface area contributed by atoms with Crippen molar-refractivity contribution in [3.8, 4) is 5.75 Å². The first-order valence-corrected chi connectivity index (χ1v) is 5.76. The fraction of sp³-hybridized carbons (Fsp3) is 0.133. The molecule has 18 heavy (non-hydrogen) atoms. The zero-order valence-electron chi connectivity index (χ0n) is 10.4. The van der Waals surface area contributed by atoms with Gasteiger partial charge in [-0.2, -0.15) is 0 Å². The number of hydrogen-bond donors (Lipinski definition) is 1. The Kier molecular flexibility index (Phi) is 3.63. The van der Waals surface area contributed by atoms with E-state index < -0.39 is 6.09 Å². The van der Waals surface area contributed by atoms with Gasteiger partial charge in [-0.05, 0) is 37.6 Å². The van der Waals surface area contributed by atoms with Gasteiger partial charge in [-0.3, -0.25) is 5.32 Å². The Bertz CT molecular complexity index is 550. The molecule has 2 rings (SSSR count). The van der Waals surface area contributed by atoms with Crippen LogP contribution in [0.1, 0.15) is 11.1 Å². The van der Waals surface area contributed by atoms with Crippen molar-refractivity contribution >= 4 is 11.8 Å². The number of para-hydroxylation sites is 1. The molecular weight excluding hydrogens is 226 g/mol. The van der Waals surface area contributed by atoms with Gasteiger partial charge in [0.2, 0.25) is 0 Å². The minimum Gasteiger partial charge on any atom is -0.410 e. The van der Waals surface area contributed by atoms with Crippen LogP contribution in [0.2, 0.25) is 0 Å². The van der Waals surface area contributed by atoms with Crippen LogP contribution in [0.5, 0.6) is 5.75 Å². The standard InChI is InChI=1S/C15H15NO2/c1-11-8-9-14(12(2)10-11)16-15(17)18-13-6-4-3-5-7-13/h3-10H,1-2H3,(H,16,17). The zero-order valence-corrected chi connectivity index (χ0v) is 10.4. The molecule has 2 aromatic carbocycles. The molecule has 0 aliphatic carbocycles. The van der Waals surface area contributed by atoms with E-state index in [0.29, 0.717) is 5.75 Å². The summed E-state index contributed by atoms with van der Waals surface area (Å²) < 4.78 is 5.15. The van der Waals surface area contributed by atoms with Crippen molar-refractivity contribution in [2.24, 2.45) is 0 Å². The highest BCUT2D eigenvalue weighted by atomic mass is 16.6. The normalized spacial score (nSPS) is 9.89. The summed E-state index contributed by atoms with van der Waals surface area (Å²) in [5.41, 5.74) is 2.94. The van der Waals surface area contributed by atoms with E-state index in [1.165, 1.54) is 0 Å². The van der Waals surface area contributed by atoms with E-state index in [2.05, 4.69) is 5.32 Å². The highest BCUT2D eigenvalue weighted by Crippen LogP contribution is 2.17. The highest BCUT2D eigenvalue weighted by molar-refractivity contribution is 5.87. The molecule has 0 aliphatic rings. The second-order valence-corrected chi connectivity index (χ2v) is 4.15. The van der Waals surface area contributed by atoms with Crippen molar-refractivity contribution in [2.75, 3.05) is 5.32 Å². The number of ether oxygens (including phenoxy) is 1. The molecule has 0 heterocycles. The summed E-state index contributed by atoms with van der Waals surface area (Å²) in [4.78, 5) is 11.7. The summed E-state index contributed by atoms with van der Waals surface area (Å²) in [6.45, 7) is 3.96. The van der Waals surface area contributed by atoms with Crippen LogP contribution in [0, 0.1) is 13.8 Å². The lowest BCUT2D eigenvalue weighted by Gasteiger charge is -2.09. The number of hydrogen-bond acceptors (Lipinski definition) is 2. The lowest BCUT2D eigenvalue weighted by molar-refractivity contribution is 0.215. The van der Waals surface area contributed by atoms with Crippen molar-refractivity contribution in [3.05, 3.63) is 59.7 Å². The molecule has 0 radical (unpaired) electrons. The molecule has 0 saturated heterocycles. The Morgan fingerprint density at radius 3 is 2.44 bits per heavy atom. The monoisotopic (exact) mass is 241 g/mol. The fourth-order valence-corrected chi connectivity index (χ4v) is 1.68. The zero-order chi connectivity index (χ0) is 13.0. The highest BCUT2D eigenvalue weighted by Gasteiger charge is 2.06. The number of carbonyl (C=O) groups is 1. The van der Waals surface area contributed by atoms with Gasteiger partial charge in [0.05, 0.1) is 0 Å². The second kappa shape index (κ2) is 5.36. The van der Waals surface area contributed by atoms with Gasteiger partial charge in [-0.25, -0.2) is 4.79 Å². The van der Waals surface area contributed by atoms with E-state index in [4.69, 9.17) is 4.74 Å². The van der Waals surface area contributed by atoms with Crippen LogP contribution in [-0.4, -0.2) is 6.09 Å². The van der Waals surface area contributed by atoms with Gasteiger partial charge in [-0.1, -0.05) is 35.9 Å². The molecule has 0 unspecified atom stereocenters. The maximum Gasteiger partial charge on any atom is 0.417 e. The van der Waals surface area contributed by atoms with Gasteiger partial charge in [0.15, 0.2) is 0 Å². The molecule has 0 spiro atoms. The predicted molar refractivity (Wildman–Crippen MR) is 72.0 cm³/mol. The molecule has 0 saturated carbocycles. The van der Waals surface area contributed by atoms with Crippen LogP contribution in [0.25, 0.3) is 0 Å². The van der Waals surface area contributed by atoms with Crippen molar-refractivity contribution in [3.63, 3.8) is 0 Å². The van der Waals surface area contributed by atoms with Crippen molar-refractivity contribution in [1.29, 1.82) is 0 Å². The third-order valence-electron chi connectivity index (χ3n) is 2.57. The predicted octanol–water partition coefficient (Wildman–Crippen LogP) is 3.91. The Morgan fingerprint density at radius 1 is 1.06 bits per heavy atom. The summed E-state index contributed by atoms with van der Waals surface area (Å²) >= 11 is 0. The molecule has 3 heteroatoms. The van der Waals surface area contributed by atoms with Gasteiger partial charge < -0.3 is 4.74 Å². The van der Waals surface area contributed by atoms with Gasteiger partial charge in [-0.15, -0.1) is 0 Å². The van der Waals surface area contributed by atoms with Crippen LogP contribution in [0.4, 0.5) is 10.5 Å². The molecule has 0 bridgehead atoms. The minimum absolute atomic E-state index is 0.479. The fourth-order valence-electron chi connectivity index (χ4n) is 1.68. The van der Waals surface area contributed by atoms with E-state index >= 15 is 0 Å². The number of benzene rings is 2. The van der Waals surface area contributed by atoms with Crippen LogP contribution >= 0.6 is 0 Å². The summed E-state index contributed by atoms with van der Waals surface area (Å²) in [6.07, 6.45) is -0.479. The maximum atomic E-state index is 11.7. The van der Waals surface area contributed by atoms with E-state index in [-0.39, 0.29) is 0 Å². The molecule has 3 nitrogen and oxygen atoms in total. The Hall–Kier alpha value is -2.29. The number of rotatable bonds is 2. The summed E-state index contributed by atoms with van der Waals surface area (Å²) in [5.74, 6) is 0.528. The van der Waals surface area contributed by atoms with Crippen molar-refractivity contribution < 1.29 is 9.53 Å². The van der Waals surface area contributed by atoms with Gasteiger partial charge in [0, 0.05) is 5.69 Å². The number of carbonyl (C=O) groups excluding carboxylic acids is 1. The quantitative estimate of drug-likeness (QED) is 0.865. The maximum absolute atomic E-state index is 11.7. The Morgan fingerprint density at radius 2 is 1.78 bits per heavy atom. The Labute approximate surface area is 106 Å². The van der Waals surface area contributed by atoms with Crippen LogP contribution in [-0.2, 0) is 0 Å². The van der Waals surface area contributed by atoms with E-state index in [1.54, 1.807) is 12.1 Å². The van der Waals surface area contributed by atoms with Crippen LogP contribution in [0.3, 0.4) is 0 Å². The van der Waals surface area contributed by atoms with E-state index in [0.717, 1.165) is 16.8 Å². The Balaban J connectivity index is 2.03. The van der Waals surface area contributed by atoms with Gasteiger partial charge >= 0.3 is 6.09 Å². The second-order valence-electron chi connectivity index (χ2n) is 4.15. The number of aryl methyl sites for hydroxylation is 2. The van der Waals surface area contributed by atoms with Gasteiger partial charge in [0.1, 0.15) is 5.75 Å². The summed E-state index contributed by atoms with van der Waals surface area (Å²) in [7, 11) is 0. The first kappa shape index (κ1) is 12.2. The van der Waals surface area contributed by atoms with Crippen LogP contribution < -0.4 is 10.1 Å². The topological polar surface area (TPSA) is 38.3 Å². The molecule has 92 valence electrons. The SMILES string of the molecule is Cc1ccc(NC(=O)Oc2ccccc2)c(C)c1. The van der Waals surface area contributed by atoms with Crippen molar-refractivity contribution in [1.82, 2.24) is 0 Å². The molecule has 0 aliphatic heterocycles. The van der Waals surface area contributed by atoms with Crippen LogP contribution in [0.15, 0.2) is 48.5 Å². The summed E-state index contributed by atoms with van der Waals surface area (Å²) in [6, 6.07) is 14.8. The summed E-state index contributed by atoms with van der Waals surface area (Å²) in [5, 5.41) is 2.72. The largest absolute Gasteiger partial charge is 0.417 e. The molecular formula is C15H15NO2. The average molecular weight is 241 g/mol. The molecule has 2 aromatic rings. The molecule has 0 aromatic heterocycles. The first-order chi connectivity index (χ1) is 8.65. The van der Waals surface area contributed by atoms with E-state index in [1.807, 2.05) is 50.2 Å². The average Bonchev–Trinajstić information content (AvgIpc) is 2.34. The molecule has 0 atom stereocenters. The molecule has 0 fully saturated rings.